The van der Waals surface area contributed by atoms with Gasteiger partial charge in [-0.2, -0.15) is 13.1 Å². The van der Waals surface area contributed by atoms with Crippen LogP contribution in [0.3, 0.4) is 0 Å². The molecule has 0 fully saturated rings. The van der Waals surface area contributed by atoms with Crippen LogP contribution in [0.25, 0.3) is 0 Å². The number of hydrogen-bond donors (Lipinski definition) is 4. The normalized spacial score (nSPS) is 12.7. The van der Waals surface area contributed by atoms with Crippen LogP contribution in [0.5, 0.6) is 0 Å². The van der Waals surface area contributed by atoms with Gasteiger partial charge in [-0.25, -0.2) is 4.39 Å². The van der Waals surface area contributed by atoms with Crippen molar-refractivity contribution in [3.63, 3.8) is 0 Å². The van der Waals surface area contributed by atoms with E-state index >= 15 is 0 Å². The lowest BCUT2D eigenvalue weighted by atomic mass is 10.1. The minimum Gasteiger partial charge on any atom is -0.409 e. The standard InChI is InChI=1S/C10H15FN4O3S/c1-6(2)14-19(17,18)15-8-5-3-4-7(11)9(8)10(12)13-16/h3-6,14-16H,1-2H3,(H2,12,13). The number of rotatable bonds is 5. The molecule has 0 unspecified atom stereocenters. The first-order valence-corrected chi connectivity index (χ1v) is 6.81. The number of benzene rings is 1. The van der Waals surface area contributed by atoms with Crippen LogP contribution < -0.4 is 15.2 Å². The third-order valence-corrected chi connectivity index (χ3v) is 3.28. The molecular weight excluding hydrogens is 275 g/mol. The second kappa shape index (κ2) is 5.85. The fraction of sp³-hybridized carbons (Fsp3) is 0.300. The Morgan fingerprint density at radius 2 is 2.11 bits per heavy atom. The Labute approximate surface area is 110 Å². The highest BCUT2D eigenvalue weighted by atomic mass is 32.2. The van der Waals surface area contributed by atoms with E-state index in [1.165, 1.54) is 12.1 Å². The van der Waals surface area contributed by atoms with Crippen LogP contribution in [0.15, 0.2) is 23.4 Å². The molecule has 0 saturated heterocycles. The van der Waals surface area contributed by atoms with E-state index in [0.29, 0.717) is 0 Å². The summed E-state index contributed by atoms with van der Waals surface area (Å²) in [6, 6.07) is 3.34. The molecule has 0 aliphatic carbocycles. The Morgan fingerprint density at radius 3 is 2.63 bits per heavy atom. The summed E-state index contributed by atoms with van der Waals surface area (Å²) in [5.41, 5.74) is 4.88. The molecule has 1 aromatic carbocycles. The summed E-state index contributed by atoms with van der Waals surface area (Å²) in [6.45, 7) is 3.27. The lowest BCUT2D eigenvalue weighted by molar-refractivity contribution is 0.318. The highest BCUT2D eigenvalue weighted by molar-refractivity contribution is 7.90. The second-order valence-corrected chi connectivity index (χ2v) is 5.47. The molecular formula is C10H15FN4O3S. The van der Waals surface area contributed by atoms with Crippen LogP contribution in [0, 0.1) is 5.82 Å². The number of nitrogens with zero attached hydrogens (tertiary/aromatic N) is 1. The summed E-state index contributed by atoms with van der Waals surface area (Å²) >= 11 is 0. The third-order valence-electron chi connectivity index (χ3n) is 2.01. The maximum Gasteiger partial charge on any atom is 0.299 e. The van der Waals surface area contributed by atoms with Crippen molar-refractivity contribution in [2.75, 3.05) is 4.72 Å². The van der Waals surface area contributed by atoms with Crippen molar-refractivity contribution < 1.29 is 18.0 Å². The predicted molar refractivity (Wildman–Crippen MR) is 69.7 cm³/mol. The summed E-state index contributed by atoms with van der Waals surface area (Å²) in [5.74, 6) is -1.33. The molecule has 0 spiro atoms. The van der Waals surface area contributed by atoms with E-state index in [2.05, 4.69) is 14.6 Å². The SMILES string of the molecule is CC(C)NS(=O)(=O)Nc1cccc(F)c1/C(N)=N/O. The average molecular weight is 290 g/mol. The molecule has 1 rings (SSSR count). The Kier molecular flexibility index (Phi) is 4.67. The molecule has 0 aliphatic rings. The van der Waals surface area contributed by atoms with Crippen molar-refractivity contribution in [2.45, 2.75) is 19.9 Å². The lowest BCUT2D eigenvalue weighted by Gasteiger charge is -2.14. The molecule has 1 aromatic rings. The number of nitrogens with one attached hydrogen (secondary N) is 2. The summed E-state index contributed by atoms with van der Waals surface area (Å²) < 4.78 is 41.4. The summed E-state index contributed by atoms with van der Waals surface area (Å²) in [6.07, 6.45) is 0. The molecule has 0 heterocycles. The van der Waals surface area contributed by atoms with Gasteiger partial charge in [-0.1, -0.05) is 11.2 Å². The van der Waals surface area contributed by atoms with Crippen LogP contribution in [0.1, 0.15) is 19.4 Å². The van der Waals surface area contributed by atoms with Gasteiger partial charge in [0.15, 0.2) is 5.84 Å². The third kappa shape index (κ3) is 4.07. The first-order chi connectivity index (χ1) is 8.76. The van der Waals surface area contributed by atoms with E-state index in [0.717, 1.165) is 6.07 Å². The fourth-order valence-corrected chi connectivity index (χ4v) is 2.54. The van der Waals surface area contributed by atoms with Crippen LogP contribution in [-0.2, 0) is 10.2 Å². The van der Waals surface area contributed by atoms with Crippen molar-refractivity contribution in [1.29, 1.82) is 0 Å². The summed E-state index contributed by atoms with van der Waals surface area (Å²) in [4.78, 5) is 0. The molecule has 19 heavy (non-hydrogen) atoms. The number of halogens is 1. The molecule has 7 nitrogen and oxygen atoms in total. The van der Waals surface area contributed by atoms with Crippen molar-refractivity contribution >= 4 is 21.7 Å². The number of hydrogen-bond acceptors (Lipinski definition) is 4. The average Bonchev–Trinajstić information content (AvgIpc) is 2.25. The van der Waals surface area contributed by atoms with E-state index in [1.807, 2.05) is 0 Å². The number of nitrogens with two attached hydrogens (primary N) is 1. The van der Waals surface area contributed by atoms with Gasteiger partial charge in [0.1, 0.15) is 5.82 Å². The van der Waals surface area contributed by atoms with Crippen molar-refractivity contribution in [3.8, 4) is 0 Å². The van der Waals surface area contributed by atoms with Crippen LogP contribution >= 0.6 is 0 Å². The van der Waals surface area contributed by atoms with Gasteiger partial charge in [-0.15, -0.1) is 0 Å². The molecule has 9 heteroatoms. The maximum atomic E-state index is 13.6. The Balaban J connectivity index is 3.19. The van der Waals surface area contributed by atoms with Crippen LogP contribution in [0.2, 0.25) is 0 Å². The topological polar surface area (TPSA) is 117 Å². The van der Waals surface area contributed by atoms with E-state index < -0.39 is 21.9 Å². The molecule has 0 aliphatic heterocycles. The van der Waals surface area contributed by atoms with Crippen LogP contribution in [0.4, 0.5) is 10.1 Å². The van der Waals surface area contributed by atoms with Gasteiger partial charge in [-0.05, 0) is 26.0 Å². The van der Waals surface area contributed by atoms with Crippen LogP contribution in [-0.4, -0.2) is 25.5 Å². The van der Waals surface area contributed by atoms with E-state index in [9.17, 15) is 12.8 Å². The smallest absolute Gasteiger partial charge is 0.299 e. The lowest BCUT2D eigenvalue weighted by Crippen LogP contribution is -2.36. The number of oxime groups is 1. The van der Waals surface area contributed by atoms with E-state index in [1.54, 1.807) is 13.8 Å². The van der Waals surface area contributed by atoms with Gasteiger partial charge in [0.25, 0.3) is 10.2 Å². The van der Waals surface area contributed by atoms with E-state index in [-0.39, 0.29) is 17.3 Å². The molecule has 0 bridgehead atoms. The van der Waals surface area contributed by atoms with Gasteiger partial charge in [0.05, 0.1) is 11.3 Å². The van der Waals surface area contributed by atoms with E-state index in [4.69, 9.17) is 10.9 Å². The monoisotopic (exact) mass is 290 g/mol. The van der Waals surface area contributed by atoms with Gasteiger partial charge >= 0.3 is 0 Å². The largest absolute Gasteiger partial charge is 0.409 e. The predicted octanol–water partition coefficient (Wildman–Crippen LogP) is 0.575. The molecule has 5 N–H and O–H groups in total. The minimum absolute atomic E-state index is 0.122. The minimum atomic E-state index is -3.87. The maximum absolute atomic E-state index is 13.6. The quantitative estimate of drug-likeness (QED) is 0.274. The van der Waals surface area contributed by atoms with Crippen molar-refractivity contribution in [2.24, 2.45) is 10.9 Å². The summed E-state index contributed by atoms with van der Waals surface area (Å²) in [7, 11) is -3.87. The van der Waals surface area contributed by atoms with Gasteiger partial charge < -0.3 is 10.9 Å². The Hall–Kier alpha value is -1.87. The molecule has 0 atom stereocenters. The Morgan fingerprint density at radius 1 is 1.47 bits per heavy atom. The van der Waals surface area contributed by atoms with Gasteiger partial charge in [0.2, 0.25) is 0 Å². The first-order valence-electron chi connectivity index (χ1n) is 5.33. The zero-order valence-corrected chi connectivity index (χ0v) is 11.2. The number of anilines is 1. The van der Waals surface area contributed by atoms with Crippen molar-refractivity contribution in [3.05, 3.63) is 29.6 Å². The fourth-order valence-electron chi connectivity index (χ4n) is 1.40. The Bertz CT molecular complexity index is 586. The van der Waals surface area contributed by atoms with Gasteiger partial charge in [-0.3, -0.25) is 4.72 Å². The van der Waals surface area contributed by atoms with Crippen molar-refractivity contribution in [1.82, 2.24) is 4.72 Å². The molecule has 0 saturated carbocycles. The molecule has 0 radical (unpaired) electrons. The molecule has 0 aromatic heterocycles. The summed E-state index contributed by atoms with van der Waals surface area (Å²) in [5, 5.41) is 11.3. The second-order valence-electron chi connectivity index (χ2n) is 4.03. The highest BCUT2D eigenvalue weighted by Gasteiger charge is 2.18. The zero-order chi connectivity index (χ0) is 14.6. The molecule has 0 amide bonds. The number of amidine groups is 1. The first kappa shape index (κ1) is 15.2. The van der Waals surface area contributed by atoms with Gasteiger partial charge in [0, 0.05) is 6.04 Å². The molecule has 106 valence electrons. The zero-order valence-electron chi connectivity index (χ0n) is 10.4. The highest BCUT2D eigenvalue weighted by Crippen LogP contribution is 2.19.